The van der Waals surface area contributed by atoms with Crippen LogP contribution in [0.4, 0.5) is 5.82 Å². The van der Waals surface area contributed by atoms with Crippen molar-refractivity contribution in [3.8, 4) is 0 Å². The molecule has 6 heteroatoms. The van der Waals surface area contributed by atoms with Gasteiger partial charge < -0.3 is 10.3 Å². The highest BCUT2D eigenvalue weighted by Crippen LogP contribution is 2.25. The van der Waals surface area contributed by atoms with E-state index in [-0.39, 0.29) is 11.0 Å². The van der Waals surface area contributed by atoms with Crippen LogP contribution in [0.15, 0.2) is 29.2 Å². The average molecular weight is 261 g/mol. The molecule has 0 amide bonds. The molecule has 0 aliphatic rings. The molecule has 102 valence electrons. The van der Waals surface area contributed by atoms with Crippen LogP contribution in [0.2, 0.25) is 0 Å². The first-order chi connectivity index (χ1) is 8.89. The second-order valence-electron chi connectivity index (χ2n) is 5.53. The Labute approximate surface area is 111 Å². The zero-order valence-corrected chi connectivity index (χ0v) is 11.5. The van der Waals surface area contributed by atoms with Gasteiger partial charge in [-0.3, -0.25) is 4.79 Å². The summed E-state index contributed by atoms with van der Waals surface area (Å²) in [7, 11) is 0. The summed E-state index contributed by atoms with van der Waals surface area (Å²) in [6.45, 7) is 7.31. The third kappa shape index (κ3) is 2.83. The number of pyridine rings is 1. The van der Waals surface area contributed by atoms with Crippen LogP contribution in [-0.2, 0) is 18.5 Å². The summed E-state index contributed by atoms with van der Waals surface area (Å²) >= 11 is 0. The quantitative estimate of drug-likeness (QED) is 0.894. The lowest BCUT2D eigenvalue weighted by Crippen LogP contribution is -2.24. The van der Waals surface area contributed by atoms with Crippen LogP contribution in [0.3, 0.4) is 0 Å². The van der Waals surface area contributed by atoms with E-state index in [1.807, 2.05) is 6.07 Å². The lowest BCUT2D eigenvalue weighted by atomic mass is 9.92. The van der Waals surface area contributed by atoms with Gasteiger partial charge >= 0.3 is 0 Å². The lowest BCUT2D eigenvalue weighted by Gasteiger charge is -2.20. The molecule has 0 unspecified atom stereocenters. The Morgan fingerprint density at radius 3 is 2.63 bits per heavy atom. The summed E-state index contributed by atoms with van der Waals surface area (Å²) in [4.78, 5) is 11.6. The first-order valence-electron chi connectivity index (χ1n) is 6.24. The van der Waals surface area contributed by atoms with E-state index in [2.05, 4.69) is 31.1 Å². The minimum absolute atomic E-state index is 0.0205. The van der Waals surface area contributed by atoms with E-state index in [1.54, 1.807) is 27.6 Å². The Bertz CT molecular complexity index is 620. The van der Waals surface area contributed by atoms with E-state index in [1.165, 1.54) is 0 Å². The maximum absolute atomic E-state index is 11.6. The van der Waals surface area contributed by atoms with Gasteiger partial charge in [0.25, 0.3) is 5.56 Å². The van der Waals surface area contributed by atoms with Crippen molar-refractivity contribution in [2.24, 2.45) is 0 Å². The molecule has 0 saturated carbocycles. The van der Waals surface area contributed by atoms with Crippen LogP contribution in [0.1, 0.15) is 26.5 Å². The van der Waals surface area contributed by atoms with Gasteiger partial charge in [0.2, 0.25) is 0 Å². The molecule has 2 aromatic rings. The first-order valence-corrected chi connectivity index (χ1v) is 6.24. The number of aromatic nitrogens is 4. The van der Waals surface area contributed by atoms with Crippen LogP contribution >= 0.6 is 0 Å². The summed E-state index contributed by atoms with van der Waals surface area (Å²) < 4.78 is 3.42. The van der Waals surface area contributed by atoms with Gasteiger partial charge in [-0.25, -0.2) is 4.68 Å². The number of rotatable bonds is 3. The van der Waals surface area contributed by atoms with Gasteiger partial charge in [0.1, 0.15) is 0 Å². The summed E-state index contributed by atoms with van der Waals surface area (Å²) in [5, 5.41) is 7.97. The van der Waals surface area contributed by atoms with Crippen molar-refractivity contribution in [3.05, 3.63) is 40.4 Å². The van der Waals surface area contributed by atoms with Gasteiger partial charge in [0, 0.05) is 24.2 Å². The molecule has 0 aromatic carbocycles. The molecule has 2 rings (SSSR count). The Hall–Kier alpha value is -2.11. The fourth-order valence-electron chi connectivity index (χ4n) is 2.10. The van der Waals surface area contributed by atoms with Crippen molar-refractivity contribution in [2.45, 2.75) is 39.3 Å². The maximum atomic E-state index is 11.6. The second-order valence-corrected chi connectivity index (χ2v) is 5.53. The molecule has 0 aliphatic carbocycles. The van der Waals surface area contributed by atoms with E-state index in [4.69, 9.17) is 5.73 Å². The van der Waals surface area contributed by atoms with E-state index >= 15 is 0 Å². The van der Waals surface area contributed by atoms with Crippen molar-refractivity contribution in [1.82, 2.24) is 19.6 Å². The first kappa shape index (κ1) is 13.3. The third-order valence-electron chi connectivity index (χ3n) is 2.92. The number of hydrogen-bond acceptors (Lipinski definition) is 4. The molecule has 0 atom stereocenters. The number of hydrogen-bond donors (Lipinski definition) is 1. The lowest BCUT2D eigenvalue weighted by molar-refractivity contribution is 0.449. The molecular weight excluding hydrogens is 242 g/mol. The fourth-order valence-corrected chi connectivity index (χ4v) is 2.10. The molecule has 6 nitrogen and oxygen atoms in total. The standard InChI is InChI=1S/C13H19N5O/c1-13(2,3)11-12(14)15-16-18(11)9-8-17-7-5-4-6-10(17)19/h4-7H,8-9,14H2,1-3H3. The molecule has 19 heavy (non-hydrogen) atoms. The van der Waals surface area contributed by atoms with Crippen LogP contribution in [0.25, 0.3) is 0 Å². The Kier molecular flexibility index (Phi) is 3.42. The highest BCUT2D eigenvalue weighted by atomic mass is 16.1. The normalized spacial score (nSPS) is 11.7. The largest absolute Gasteiger partial charge is 0.381 e. The fraction of sp³-hybridized carbons (Fsp3) is 0.462. The van der Waals surface area contributed by atoms with Crippen molar-refractivity contribution < 1.29 is 0 Å². The Morgan fingerprint density at radius 1 is 1.26 bits per heavy atom. The van der Waals surface area contributed by atoms with Crippen molar-refractivity contribution >= 4 is 5.82 Å². The molecule has 0 radical (unpaired) electrons. The van der Waals surface area contributed by atoms with Gasteiger partial charge in [-0.05, 0) is 6.07 Å². The maximum Gasteiger partial charge on any atom is 0.250 e. The molecule has 0 bridgehead atoms. The molecular formula is C13H19N5O. The van der Waals surface area contributed by atoms with E-state index in [0.29, 0.717) is 18.9 Å². The van der Waals surface area contributed by atoms with Gasteiger partial charge in [-0.15, -0.1) is 5.10 Å². The van der Waals surface area contributed by atoms with Gasteiger partial charge in [-0.1, -0.05) is 32.1 Å². The number of nitrogens with zero attached hydrogens (tertiary/aromatic N) is 4. The number of nitrogens with two attached hydrogens (primary N) is 1. The molecule has 2 N–H and O–H groups in total. The Balaban J connectivity index is 2.22. The van der Waals surface area contributed by atoms with Gasteiger partial charge in [0.05, 0.1) is 12.2 Å². The minimum Gasteiger partial charge on any atom is -0.381 e. The zero-order valence-electron chi connectivity index (χ0n) is 11.5. The summed E-state index contributed by atoms with van der Waals surface area (Å²) in [5.41, 5.74) is 6.61. The predicted octanol–water partition coefficient (Wildman–Crippen LogP) is 1.02. The van der Waals surface area contributed by atoms with Crippen LogP contribution in [-0.4, -0.2) is 19.6 Å². The van der Waals surface area contributed by atoms with Crippen LogP contribution in [0, 0.1) is 0 Å². The molecule has 0 saturated heterocycles. The smallest absolute Gasteiger partial charge is 0.250 e. The van der Waals surface area contributed by atoms with Gasteiger partial charge in [0.15, 0.2) is 5.82 Å². The monoisotopic (exact) mass is 261 g/mol. The topological polar surface area (TPSA) is 78.7 Å². The summed E-state index contributed by atoms with van der Waals surface area (Å²) in [6, 6.07) is 5.11. The molecule has 0 fully saturated rings. The summed E-state index contributed by atoms with van der Waals surface area (Å²) in [6.07, 6.45) is 1.76. The summed E-state index contributed by atoms with van der Waals surface area (Å²) in [5.74, 6) is 0.452. The molecule has 0 aliphatic heterocycles. The van der Waals surface area contributed by atoms with E-state index < -0.39 is 0 Å². The van der Waals surface area contributed by atoms with Crippen molar-refractivity contribution in [2.75, 3.05) is 5.73 Å². The van der Waals surface area contributed by atoms with E-state index in [0.717, 1.165) is 5.69 Å². The number of anilines is 1. The second kappa shape index (κ2) is 4.87. The molecule has 2 aromatic heterocycles. The SMILES string of the molecule is CC(C)(C)c1c(N)nnn1CCn1ccccc1=O. The Morgan fingerprint density at radius 2 is 2.00 bits per heavy atom. The minimum atomic E-state index is -0.130. The van der Waals surface area contributed by atoms with Crippen LogP contribution < -0.4 is 11.3 Å². The highest BCUT2D eigenvalue weighted by molar-refractivity contribution is 5.37. The van der Waals surface area contributed by atoms with Gasteiger partial charge in [-0.2, -0.15) is 0 Å². The average Bonchev–Trinajstić information content (AvgIpc) is 2.69. The molecule has 2 heterocycles. The zero-order chi connectivity index (χ0) is 14.0. The van der Waals surface area contributed by atoms with Crippen LogP contribution in [0.5, 0.6) is 0 Å². The van der Waals surface area contributed by atoms with E-state index in [9.17, 15) is 4.79 Å². The predicted molar refractivity (Wildman–Crippen MR) is 73.8 cm³/mol. The highest BCUT2D eigenvalue weighted by Gasteiger charge is 2.23. The number of nitrogen functional groups attached to an aromatic ring is 1. The number of aryl methyl sites for hydroxylation is 2. The van der Waals surface area contributed by atoms with Crippen molar-refractivity contribution in [3.63, 3.8) is 0 Å². The molecule has 0 spiro atoms. The third-order valence-corrected chi connectivity index (χ3v) is 2.92. The van der Waals surface area contributed by atoms with Crippen molar-refractivity contribution in [1.29, 1.82) is 0 Å².